The van der Waals surface area contributed by atoms with Crippen LogP contribution in [0.25, 0.3) is 0 Å². The van der Waals surface area contributed by atoms with Crippen LogP contribution in [0.4, 0.5) is 4.39 Å². The lowest BCUT2D eigenvalue weighted by Gasteiger charge is -2.32. The number of hydrogen-bond acceptors (Lipinski definition) is 2. The number of benzene rings is 2. The average Bonchev–Trinajstić information content (AvgIpc) is 2.70. The van der Waals surface area contributed by atoms with Crippen LogP contribution in [0.5, 0.6) is 0 Å². The molecule has 2 aromatic rings. The van der Waals surface area contributed by atoms with Gasteiger partial charge < -0.3 is 5.32 Å². The molecule has 0 aliphatic carbocycles. The van der Waals surface area contributed by atoms with Gasteiger partial charge in [0.25, 0.3) is 0 Å². The van der Waals surface area contributed by atoms with E-state index in [9.17, 15) is 9.18 Å². The third-order valence-corrected chi connectivity index (χ3v) is 6.24. The molecule has 0 unspecified atom stereocenters. The molecule has 30 heavy (non-hydrogen) atoms. The summed E-state index contributed by atoms with van der Waals surface area (Å²) in [5.74, 6) is -0.152. The average molecular weight is 431 g/mol. The van der Waals surface area contributed by atoms with Crippen LogP contribution in [0.3, 0.4) is 0 Å². The van der Waals surface area contributed by atoms with Crippen molar-refractivity contribution >= 4 is 17.5 Å². The number of likely N-dealkylation sites (tertiary alicyclic amines) is 1. The topological polar surface area (TPSA) is 32.3 Å². The monoisotopic (exact) mass is 430 g/mol. The quantitative estimate of drug-likeness (QED) is 0.643. The second kappa shape index (κ2) is 9.49. The van der Waals surface area contributed by atoms with Gasteiger partial charge in [-0.3, -0.25) is 9.69 Å². The van der Waals surface area contributed by atoms with Gasteiger partial charge in [-0.25, -0.2) is 4.39 Å². The Kier molecular flexibility index (Phi) is 7.20. The summed E-state index contributed by atoms with van der Waals surface area (Å²) in [5.41, 5.74) is 3.17. The van der Waals surface area contributed by atoms with Crippen LogP contribution in [0, 0.1) is 11.7 Å². The number of hydrogen-bond donors (Lipinski definition) is 1. The van der Waals surface area contributed by atoms with Crippen LogP contribution in [-0.4, -0.2) is 23.9 Å². The Bertz CT molecular complexity index is 868. The first-order chi connectivity index (χ1) is 14.1. The van der Waals surface area contributed by atoms with Gasteiger partial charge in [0.1, 0.15) is 5.82 Å². The van der Waals surface area contributed by atoms with Crippen molar-refractivity contribution in [3.63, 3.8) is 0 Å². The van der Waals surface area contributed by atoms with Crippen LogP contribution in [0.1, 0.15) is 63.3 Å². The summed E-state index contributed by atoms with van der Waals surface area (Å²) in [4.78, 5) is 15.0. The van der Waals surface area contributed by atoms with Crippen molar-refractivity contribution in [2.75, 3.05) is 13.1 Å². The number of rotatable bonds is 5. The molecule has 2 aromatic carbocycles. The normalized spacial score (nSPS) is 17.0. The summed E-state index contributed by atoms with van der Waals surface area (Å²) in [6, 6.07) is 13.3. The van der Waals surface area contributed by atoms with E-state index in [2.05, 4.69) is 55.3 Å². The van der Waals surface area contributed by atoms with Crippen molar-refractivity contribution in [1.82, 2.24) is 10.2 Å². The van der Waals surface area contributed by atoms with Gasteiger partial charge in [-0.15, -0.1) is 0 Å². The number of amides is 1. The summed E-state index contributed by atoms with van der Waals surface area (Å²) in [6.07, 6.45) is 1.58. The van der Waals surface area contributed by atoms with Crippen molar-refractivity contribution in [2.24, 2.45) is 5.92 Å². The first-order valence-corrected chi connectivity index (χ1v) is 11.1. The SMILES string of the molecule is C[C@H](NC(=O)C1CCN(Cc2ccc(Cl)cc2F)CC1)c1ccc(C(C)(C)C)cc1. The molecule has 1 amide bonds. The third kappa shape index (κ3) is 5.83. The minimum Gasteiger partial charge on any atom is -0.349 e. The number of carbonyl (C=O) groups is 1. The molecule has 1 N–H and O–H groups in total. The molecule has 1 aliphatic rings. The third-order valence-electron chi connectivity index (χ3n) is 6.00. The van der Waals surface area contributed by atoms with E-state index >= 15 is 0 Å². The molecule has 3 nitrogen and oxygen atoms in total. The predicted molar refractivity (Wildman–Crippen MR) is 121 cm³/mol. The van der Waals surface area contributed by atoms with Crippen LogP contribution < -0.4 is 5.32 Å². The highest BCUT2D eigenvalue weighted by Crippen LogP contribution is 2.25. The largest absolute Gasteiger partial charge is 0.349 e. The fourth-order valence-electron chi connectivity index (χ4n) is 3.93. The number of nitrogens with zero attached hydrogens (tertiary/aromatic N) is 1. The molecule has 0 spiro atoms. The van der Waals surface area contributed by atoms with E-state index in [0.717, 1.165) is 31.5 Å². The lowest BCUT2D eigenvalue weighted by atomic mass is 9.86. The van der Waals surface area contributed by atoms with Gasteiger partial charge in [0.2, 0.25) is 5.91 Å². The van der Waals surface area contributed by atoms with Gasteiger partial charge in [0.15, 0.2) is 0 Å². The zero-order valence-electron chi connectivity index (χ0n) is 18.3. The fourth-order valence-corrected chi connectivity index (χ4v) is 4.09. The second-order valence-electron chi connectivity index (χ2n) is 9.39. The van der Waals surface area contributed by atoms with Crippen LogP contribution in [0.15, 0.2) is 42.5 Å². The Morgan fingerprint density at radius 2 is 1.80 bits per heavy atom. The molecule has 1 atom stereocenters. The Hall–Kier alpha value is -1.91. The highest BCUT2D eigenvalue weighted by atomic mass is 35.5. The maximum absolute atomic E-state index is 14.0. The number of carbonyl (C=O) groups excluding carboxylic acids is 1. The Labute approximate surface area is 184 Å². The van der Waals surface area contributed by atoms with Gasteiger partial charge in [-0.1, -0.05) is 62.7 Å². The summed E-state index contributed by atoms with van der Waals surface area (Å²) < 4.78 is 14.0. The van der Waals surface area contributed by atoms with Crippen molar-refractivity contribution in [3.05, 3.63) is 70.0 Å². The van der Waals surface area contributed by atoms with Crippen molar-refractivity contribution in [2.45, 2.75) is 58.5 Å². The smallest absolute Gasteiger partial charge is 0.223 e. The van der Waals surface area contributed by atoms with Gasteiger partial charge in [-0.05, 0) is 61.5 Å². The van der Waals surface area contributed by atoms with E-state index in [1.807, 2.05) is 6.92 Å². The summed E-state index contributed by atoms with van der Waals surface area (Å²) in [5, 5.41) is 3.58. The van der Waals surface area contributed by atoms with Crippen molar-refractivity contribution in [1.29, 1.82) is 0 Å². The number of piperidine rings is 1. The minimum atomic E-state index is -0.270. The molecule has 0 radical (unpaired) electrons. The molecular formula is C25H32ClFN2O. The Balaban J connectivity index is 1.50. The molecule has 1 fully saturated rings. The van der Waals surface area contributed by atoms with Gasteiger partial charge in [0.05, 0.1) is 6.04 Å². The minimum absolute atomic E-state index is 0.00705. The second-order valence-corrected chi connectivity index (χ2v) is 9.82. The molecule has 162 valence electrons. The van der Waals surface area contributed by atoms with Crippen molar-refractivity contribution < 1.29 is 9.18 Å². The van der Waals surface area contributed by atoms with Crippen LogP contribution >= 0.6 is 11.6 Å². The molecule has 3 rings (SSSR count). The molecule has 0 aromatic heterocycles. The zero-order valence-corrected chi connectivity index (χ0v) is 19.1. The number of halogens is 2. The fraction of sp³-hybridized carbons (Fsp3) is 0.480. The van der Waals surface area contributed by atoms with Crippen LogP contribution in [-0.2, 0) is 16.8 Å². The predicted octanol–water partition coefficient (Wildman–Crippen LogP) is 5.87. The molecular weight excluding hydrogens is 399 g/mol. The summed E-state index contributed by atoms with van der Waals surface area (Å²) in [7, 11) is 0. The molecule has 0 bridgehead atoms. The van der Waals surface area contributed by atoms with Crippen molar-refractivity contribution in [3.8, 4) is 0 Å². The highest BCUT2D eigenvalue weighted by Gasteiger charge is 2.26. The standard InChI is InChI=1S/C25H32ClFN2O/c1-17(18-5-8-21(9-6-18)25(2,3)4)28-24(30)19-11-13-29(14-12-19)16-20-7-10-22(26)15-23(20)27/h5-10,15,17,19H,11-14,16H2,1-4H3,(H,28,30)/t17-/m0/s1. The van der Waals surface area contributed by atoms with Crippen LogP contribution in [0.2, 0.25) is 5.02 Å². The molecule has 0 saturated carbocycles. The summed E-state index contributed by atoms with van der Waals surface area (Å²) >= 11 is 5.83. The maximum Gasteiger partial charge on any atom is 0.223 e. The summed E-state index contributed by atoms with van der Waals surface area (Å²) in [6.45, 7) is 10.7. The van der Waals surface area contributed by atoms with Gasteiger partial charge in [0, 0.05) is 23.0 Å². The number of nitrogens with one attached hydrogen (secondary N) is 1. The van der Waals surface area contributed by atoms with E-state index < -0.39 is 0 Å². The van der Waals surface area contributed by atoms with E-state index in [1.165, 1.54) is 11.6 Å². The highest BCUT2D eigenvalue weighted by molar-refractivity contribution is 6.30. The molecule has 1 saturated heterocycles. The van der Waals surface area contributed by atoms with Gasteiger partial charge in [-0.2, -0.15) is 0 Å². The molecule has 1 aliphatic heterocycles. The molecule has 5 heteroatoms. The Morgan fingerprint density at radius 3 is 2.37 bits per heavy atom. The van der Waals surface area contributed by atoms with E-state index in [-0.39, 0.29) is 29.1 Å². The first kappa shape index (κ1) is 22.8. The van der Waals surface area contributed by atoms with E-state index in [0.29, 0.717) is 17.1 Å². The maximum atomic E-state index is 14.0. The zero-order chi connectivity index (χ0) is 21.9. The van der Waals surface area contributed by atoms with Gasteiger partial charge >= 0.3 is 0 Å². The Morgan fingerprint density at radius 1 is 1.17 bits per heavy atom. The lowest BCUT2D eigenvalue weighted by molar-refractivity contribution is -0.127. The molecule has 1 heterocycles. The van der Waals surface area contributed by atoms with E-state index in [1.54, 1.807) is 12.1 Å². The van der Waals surface area contributed by atoms with E-state index in [4.69, 9.17) is 11.6 Å². The first-order valence-electron chi connectivity index (χ1n) is 10.7. The lowest BCUT2D eigenvalue weighted by Crippen LogP contribution is -2.41.